The summed E-state index contributed by atoms with van der Waals surface area (Å²) in [6.45, 7) is 20.6. The first kappa shape index (κ1) is 50.3. The lowest BCUT2D eigenvalue weighted by atomic mass is 9.95. The molecular weight excluding hydrogens is 768 g/mol. The molecule has 0 aliphatic carbocycles. The van der Waals surface area contributed by atoms with Gasteiger partial charge < -0.3 is 52.5 Å². The van der Waals surface area contributed by atoms with E-state index in [1.54, 1.807) is 55.4 Å². The Bertz CT molecular complexity index is 1420. The number of carbonyl (C=O) groups is 7. The zero-order valence-corrected chi connectivity index (χ0v) is 36.1. The SMILES string of the molecule is CC(C)C(=O)OC[C@H]1O[C@@H](O[C@H]2[C@H](OC(=O)C(C)C)[C@@H](OC(=O)C(C)C)[C@H](O)O[C@@H]2COC(=O)C(C)C)[C@H](OC(=O)C(C)C)[C@@H](OC(=O)C(C)C)[C@H]1OC(=O)C(C)C. The maximum absolute atomic E-state index is 13.4. The number of hydrogen-bond acceptors (Lipinski definition) is 18. The van der Waals surface area contributed by atoms with Gasteiger partial charge in [-0.1, -0.05) is 96.9 Å². The Morgan fingerprint density at radius 3 is 1.05 bits per heavy atom. The van der Waals surface area contributed by atoms with Gasteiger partial charge >= 0.3 is 41.8 Å². The Morgan fingerprint density at radius 2 is 0.690 bits per heavy atom. The van der Waals surface area contributed by atoms with Crippen LogP contribution >= 0.6 is 0 Å². The fourth-order valence-electron chi connectivity index (χ4n) is 5.14. The minimum atomic E-state index is -1.94. The first-order chi connectivity index (χ1) is 26.9. The van der Waals surface area contributed by atoms with Gasteiger partial charge in [-0.2, -0.15) is 0 Å². The van der Waals surface area contributed by atoms with Crippen LogP contribution in [-0.4, -0.2) is 122 Å². The molecule has 0 radical (unpaired) electrons. The van der Waals surface area contributed by atoms with E-state index < -0.39 is 158 Å². The predicted molar refractivity (Wildman–Crippen MR) is 200 cm³/mol. The van der Waals surface area contributed by atoms with Crippen molar-refractivity contribution < 1.29 is 86.0 Å². The molecule has 18 nitrogen and oxygen atoms in total. The molecule has 0 aromatic rings. The normalized spacial score (nSPS) is 27.5. The summed E-state index contributed by atoms with van der Waals surface area (Å²) in [7, 11) is 0. The van der Waals surface area contributed by atoms with Crippen molar-refractivity contribution in [1.82, 2.24) is 0 Å². The van der Waals surface area contributed by atoms with Gasteiger partial charge in [0.25, 0.3) is 0 Å². The number of carbonyl (C=O) groups excluding carboxylic acids is 7. The molecule has 332 valence electrons. The highest BCUT2D eigenvalue weighted by Crippen LogP contribution is 2.36. The summed E-state index contributed by atoms with van der Waals surface area (Å²) in [4.78, 5) is 91.6. The first-order valence-corrected chi connectivity index (χ1v) is 19.9. The Morgan fingerprint density at radius 1 is 0.397 bits per heavy atom. The number of rotatable bonds is 18. The molecule has 0 aromatic carbocycles. The molecule has 58 heavy (non-hydrogen) atoms. The smallest absolute Gasteiger partial charge is 0.308 e. The predicted octanol–water partition coefficient (Wildman–Crippen LogP) is 3.05. The third-order valence-corrected chi connectivity index (χ3v) is 8.83. The fraction of sp³-hybridized carbons (Fsp3) is 0.825. The monoisotopic (exact) mass is 832 g/mol. The second kappa shape index (κ2) is 22.5. The van der Waals surface area contributed by atoms with Gasteiger partial charge in [-0.3, -0.25) is 33.6 Å². The van der Waals surface area contributed by atoms with Crippen LogP contribution in [0.5, 0.6) is 0 Å². The molecule has 18 heteroatoms. The number of esters is 7. The molecule has 0 saturated carbocycles. The molecule has 0 unspecified atom stereocenters. The maximum Gasteiger partial charge on any atom is 0.308 e. The van der Waals surface area contributed by atoms with E-state index in [4.69, 9.17) is 47.4 Å². The summed E-state index contributed by atoms with van der Waals surface area (Å²) in [6.07, 6.45) is -16.8. The molecular formula is C40H64O18. The zero-order chi connectivity index (χ0) is 44.3. The van der Waals surface area contributed by atoms with Gasteiger partial charge in [-0.25, -0.2) is 0 Å². The van der Waals surface area contributed by atoms with Crippen molar-refractivity contribution in [2.45, 2.75) is 158 Å². The van der Waals surface area contributed by atoms with Gasteiger partial charge in [0, 0.05) is 0 Å². The number of hydrogen-bond donors (Lipinski definition) is 1. The van der Waals surface area contributed by atoms with Crippen LogP contribution in [0.4, 0.5) is 0 Å². The van der Waals surface area contributed by atoms with E-state index in [0.717, 1.165) is 0 Å². The molecule has 0 spiro atoms. The summed E-state index contributed by atoms with van der Waals surface area (Å²) in [6, 6.07) is 0. The molecule has 2 heterocycles. The van der Waals surface area contributed by atoms with Crippen LogP contribution in [0.1, 0.15) is 96.9 Å². The van der Waals surface area contributed by atoms with Gasteiger partial charge in [0.15, 0.2) is 43.1 Å². The highest BCUT2D eigenvalue weighted by molar-refractivity contribution is 5.75. The first-order valence-electron chi connectivity index (χ1n) is 19.9. The van der Waals surface area contributed by atoms with Crippen LogP contribution in [-0.2, 0) is 80.9 Å². The molecule has 2 fully saturated rings. The molecule has 2 aliphatic rings. The molecule has 2 aliphatic heterocycles. The van der Waals surface area contributed by atoms with Crippen molar-refractivity contribution in [3.63, 3.8) is 0 Å². The number of aliphatic hydroxyl groups excluding tert-OH is 1. The molecule has 1 N–H and O–H groups in total. The van der Waals surface area contributed by atoms with Gasteiger partial charge in [0.1, 0.15) is 31.5 Å². The lowest BCUT2D eigenvalue weighted by molar-refractivity contribution is -0.358. The van der Waals surface area contributed by atoms with Crippen molar-refractivity contribution in [2.24, 2.45) is 41.4 Å². The van der Waals surface area contributed by atoms with Crippen LogP contribution in [0, 0.1) is 41.4 Å². The minimum absolute atomic E-state index is 0.580. The topological polar surface area (TPSA) is 232 Å². The lowest BCUT2D eigenvalue weighted by Gasteiger charge is -2.48. The quantitative estimate of drug-likeness (QED) is 0.154. The average Bonchev–Trinajstić information content (AvgIpc) is 3.13. The van der Waals surface area contributed by atoms with E-state index in [9.17, 15) is 38.7 Å². The zero-order valence-electron chi connectivity index (χ0n) is 36.1. The summed E-state index contributed by atoms with van der Waals surface area (Å²) in [5.74, 6) is -10.2. The minimum Gasteiger partial charge on any atom is -0.463 e. The summed E-state index contributed by atoms with van der Waals surface area (Å²) in [5, 5.41) is 11.2. The van der Waals surface area contributed by atoms with Crippen LogP contribution in [0.3, 0.4) is 0 Å². The molecule has 10 atom stereocenters. The van der Waals surface area contributed by atoms with Gasteiger partial charge in [-0.05, 0) is 0 Å². The molecule has 0 bridgehead atoms. The van der Waals surface area contributed by atoms with Crippen LogP contribution in [0.25, 0.3) is 0 Å². The van der Waals surface area contributed by atoms with Crippen LogP contribution in [0.15, 0.2) is 0 Å². The highest BCUT2D eigenvalue weighted by Gasteiger charge is 2.58. The van der Waals surface area contributed by atoms with Crippen molar-refractivity contribution >= 4 is 41.8 Å². The van der Waals surface area contributed by atoms with Crippen molar-refractivity contribution in [3.8, 4) is 0 Å². The van der Waals surface area contributed by atoms with E-state index in [0.29, 0.717) is 0 Å². The van der Waals surface area contributed by atoms with Crippen molar-refractivity contribution in [1.29, 1.82) is 0 Å². The average molecular weight is 833 g/mol. The van der Waals surface area contributed by atoms with E-state index in [-0.39, 0.29) is 0 Å². The fourth-order valence-corrected chi connectivity index (χ4v) is 5.14. The second-order valence-corrected chi connectivity index (χ2v) is 16.6. The van der Waals surface area contributed by atoms with E-state index >= 15 is 0 Å². The second-order valence-electron chi connectivity index (χ2n) is 16.6. The summed E-state index contributed by atoms with van der Waals surface area (Å²) < 4.78 is 58.9. The summed E-state index contributed by atoms with van der Waals surface area (Å²) >= 11 is 0. The van der Waals surface area contributed by atoms with E-state index in [1.165, 1.54) is 41.5 Å². The number of ether oxygens (including phenoxy) is 10. The lowest BCUT2D eigenvalue weighted by Crippen LogP contribution is -2.67. The summed E-state index contributed by atoms with van der Waals surface area (Å²) in [5.41, 5.74) is 0. The van der Waals surface area contributed by atoms with Gasteiger partial charge in [0.2, 0.25) is 0 Å². The molecule has 0 amide bonds. The standard InChI is InChI=1S/C40H64O18/c1-17(2)32(41)49-15-24-27(28(54-35(44)20(7)8)30(39(48)51-24)56-37(46)22(11)12)58-40-31(57-38(47)23(13)14)29(55-36(45)21(9)10)26(53-34(43)19(5)6)25(52-40)16-50-33(42)18(3)4/h17-31,39-40,48H,15-16H2,1-14H3/t24-,25-,26+,27-,28+,29+,30-,31-,39-,40+/m1/s1. The molecule has 2 saturated heterocycles. The van der Waals surface area contributed by atoms with Gasteiger partial charge in [0.05, 0.1) is 41.4 Å². The van der Waals surface area contributed by atoms with Crippen LogP contribution in [0.2, 0.25) is 0 Å². The maximum atomic E-state index is 13.4. The highest BCUT2D eigenvalue weighted by atomic mass is 16.8. The Kier molecular flexibility index (Phi) is 19.5. The molecule has 0 aromatic heterocycles. The Labute approximate surface area is 340 Å². The largest absolute Gasteiger partial charge is 0.463 e. The van der Waals surface area contributed by atoms with Gasteiger partial charge in [-0.15, -0.1) is 0 Å². The molecule has 2 rings (SSSR count). The van der Waals surface area contributed by atoms with Crippen molar-refractivity contribution in [3.05, 3.63) is 0 Å². The Hall–Kier alpha value is -3.87. The van der Waals surface area contributed by atoms with E-state index in [2.05, 4.69) is 0 Å². The van der Waals surface area contributed by atoms with Crippen LogP contribution < -0.4 is 0 Å². The number of aliphatic hydroxyl groups is 1. The van der Waals surface area contributed by atoms with E-state index in [1.807, 2.05) is 0 Å². The third kappa shape index (κ3) is 14.2. The van der Waals surface area contributed by atoms with Crippen molar-refractivity contribution in [2.75, 3.05) is 13.2 Å². The third-order valence-electron chi connectivity index (χ3n) is 8.83. The Balaban J connectivity index is 2.93.